The highest BCUT2D eigenvalue weighted by molar-refractivity contribution is 5.24. The molecule has 2 rings (SSSR count). The minimum absolute atomic E-state index is 0.268. The van der Waals surface area contributed by atoms with Crippen LogP contribution < -0.4 is 11.3 Å². The topological polar surface area (TPSA) is 56.5 Å². The Bertz CT molecular complexity index is 403. The van der Waals surface area contributed by atoms with E-state index in [0.717, 1.165) is 0 Å². The standard InChI is InChI=1S/C14H21FN2O2/c1-2-19-14(7-9-18-10-8-14)13(17-16)11-5-3-4-6-12(11)15/h3-6,13,17H,2,7-10,16H2,1H3. The number of hydrogen-bond acceptors (Lipinski definition) is 4. The average Bonchev–Trinajstić information content (AvgIpc) is 2.43. The van der Waals surface area contributed by atoms with Crippen molar-refractivity contribution in [3.05, 3.63) is 35.6 Å². The average molecular weight is 268 g/mol. The van der Waals surface area contributed by atoms with E-state index in [2.05, 4.69) is 5.43 Å². The lowest BCUT2D eigenvalue weighted by molar-refractivity contribution is -0.128. The molecule has 1 aromatic carbocycles. The second-order valence-corrected chi connectivity index (χ2v) is 4.73. The Hall–Kier alpha value is -1.01. The van der Waals surface area contributed by atoms with Crippen LogP contribution in [0.25, 0.3) is 0 Å². The number of halogens is 1. The molecule has 0 aliphatic carbocycles. The summed E-state index contributed by atoms with van der Waals surface area (Å²) >= 11 is 0. The van der Waals surface area contributed by atoms with E-state index in [0.29, 0.717) is 38.2 Å². The molecule has 0 spiro atoms. The fourth-order valence-corrected chi connectivity index (χ4v) is 2.75. The number of rotatable bonds is 5. The molecule has 3 N–H and O–H groups in total. The molecule has 0 radical (unpaired) electrons. The smallest absolute Gasteiger partial charge is 0.128 e. The zero-order valence-corrected chi connectivity index (χ0v) is 11.2. The van der Waals surface area contributed by atoms with Gasteiger partial charge in [-0.2, -0.15) is 0 Å². The zero-order chi connectivity index (χ0) is 13.7. The molecule has 1 fully saturated rings. The number of ether oxygens (including phenoxy) is 2. The van der Waals surface area contributed by atoms with Crippen LogP contribution in [0.5, 0.6) is 0 Å². The van der Waals surface area contributed by atoms with Gasteiger partial charge in [-0.25, -0.2) is 9.82 Å². The van der Waals surface area contributed by atoms with Gasteiger partial charge in [0.1, 0.15) is 5.82 Å². The van der Waals surface area contributed by atoms with Gasteiger partial charge in [0.15, 0.2) is 0 Å². The molecule has 1 aromatic rings. The maximum absolute atomic E-state index is 14.0. The Balaban J connectivity index is 2.34. The lowest BCUT2D eigenvalue weighted by Crippen LogP contribution is -2.52. The second kappa shape index (κ2) is 6.43. The predicted molar refractivity (Wildman–Crippen MR) is 70.9 cm³/mol. The highest BCUT2D eigenvalue weighted by Crippen LogP contribution is 2.38. The van der Waals surface area contributed by atoms with E-state index in [-0.39, 0.29) is 11.9 Å². The first-order valence-electron chi connectivity index (χ1n) is 6.66. The van der Waals surface area contributed by atoms with E-state index in [1.807, 2.05) is 13.0 Å². The van der Waals surface area contributed by atoms with Crippen molar-refractivity contribution in [3.63, 3.8) is 0 Å². The number of nitrogens with one attached hydrogen (secondary N) is 1. The van der Waals surface area contributed by atoms with Crippen LogP contribution in [-0.2, 0) is 9.47 Å². The van der Waals surface area contributed by atoms with E-state index in [9.17, 15) is 4.39 Å². The van der Waals surface area contributed by atoms with Crippen molar-refractivity contribution in [1.82, 2.24) is 5.43 Å². The van der Waals surface area contributed by atoms with Gasteiger partial charge in [0, 0.05) is 38.2 Å². The Labute approximate surface area is 113 Å². The molecule has 0 saturated carbocycles. The summed E-state index contributed by atoms with van der Waals surface area (Å²) in [6.45, 7) is 3.71. The maximum atomic E-state index is 14.0. The van der Waals surface area contributed by atoms with Crippen LogP contribution in [0.1, 0.15) is 31.4 Å². The largest absolute Gasteiger partial charge is 0.381 e. The summed E-state index contributed by atoms with van der Waals surface area (Å²) in [6, 6.07) is 6.29. The van der Waals surface area contributed by atoms with Crippen molar-refractivity contribution in [2.75, 3.05) is 19.8 Å². The lowest BCUT2D eigenvalue weighted by Gasteiger charge is -2.43. The third-order valence-electron chi connectivity index (χ3n) is 3.68. The second-order valence-electron chi connectivity index (χ2n) is 4.73. The first-order chi connectivity index (χ1) is 9.23. The van der Waals surface area contributed by atoms with Gasteiger partial charge >= 0.3 is 0 Å². The Morgan fingerprint density at radius 3 is 2.68 bits per heavy atom. The highest BCUT2D eigenvalue weighted by Gasteiger charge is 2.42. The summed E-state index contributed by atoms with van der Waals surface area (Å²) in [7, 11) is 0. The molecule has 19 heavy (non-hydrogen) atoms. The van der Waals surface area contributed by atoms with Crippen LogP contribution in [0.3, 0.4) is 0 Å². The van der Waals surface area contributed by atoms with Crippen molar-refractivity contribution in [3.8, 4) is 0 Å². The van der Waals surface area contributed by atoms with E-state index in [1.54, 1.807) is 12.1 Å². The Morgan fingerprint density at radius 2 is 2.11 bits per heavy atom. The fraction of sp³-hybridized carbons (Fsp3) is 0.571. The SMILES string of the molecule is CCOC1(C(NN)c2ccccc2F)CCOCC1. The molecule has 4 nitrogen and oxygen atoms in total. The normalized spacial score (nSPS) is 20.2. The molecule has 0 bridgehead atoms. The van der Waals surface area contributed by atoms with Crippen molar-refractivity contribution < 1.29 is 13.9 Å². The summed E-state index contributed by atoms with van der Waals surface area (Å²) < 4.78 is 25.3. The van der Waals surface area contributed by atoms with Crippen LogP contribution in [0, 0.1) is 5.82 Å². The van der Waals surface area contributed by atoms with E-state index in [4.69, 9.17) is 15.3 Å². The summed E-state index contributed by atoms with van der Waals surface area (Å²) in [5.74, 6) is 5.41. The first-order valence-corrected chi connectivity index (χ1v) is 6.66. The summed E-state index contributed by atoms with van der Waals surface area (Å²) in [5, 5.41) is 0. The van der Waals surface area contributed by atoms with Gasteiger partial charge in [0.25, 0.3) is 0 Å². The van der Waals surface area contributed by atoms with Crippen LogP contribution in [-0.4, -0.2) is 25.4 Å². The van der Waals surface area contributed by atoms with E-state index in [1.165, 1.54) is 6.07 Å². The molecule has 1 atom stereocenters. The molecular weight excluding hydrogens is 247 g/mol. The van der Waals surface area contributed by atoms with Crippen molar-refractivity contribution in [2.24, 2.45) is 5.84 Å². The third-order valence-corrected chi connectivity index (χ3v) is 3.68. The van der Waals surface area contributed by atoms with Gasteiger partial charge in [-0.1, -0.05) is 18.2 Å². The molecule has 0 amide bonds. The molecule has 1 aliphatic heterocycles. The number of nitrogens with two attached hydrogens (primary N) is 1. The van der Waals surface area contributed by atoms with Crippen LogP contribution in [0.15, 0.2) is 24.3 Å². The summed E-state index contributed by atoms with van der Waals surface area (Å²) in [5.41, 5.74) is 2.77. The van der Waals surface area contributed by atoms with Gasteiger partial charge < -0.3 is 9.47 Å². The minimum atomic E-state index is -0.510. The van der Waals surface area contributed by atoms with Gasteiger partial charge in [-0.3, -0.25) is 5.84 Å². The highest BCUT2D eigenvalue weighted by atomic mass is 19.1. The summed E-state index contributed by atoms with van der Waals surface area (Å²) in [4.78, 5) is 0. The van der Waals surface area contributed by atoms with Crippen LogP contribution >= 0.6 is 0 Å². The molecule has 1 unspecified atom stereocenters. The molecule has 1 aliphatic rings. The van der Waals surface area contributed by atoms with Gasteiger partial charge in [0.05, 0.1) is 11.6 Å². The third kappa shape index (κ3) is 2.95. The molecule has 106 valence electrons. The molecule has 1 saturated heterocycles. The Morgan fingerprint density at radius 1 is 1.42 bits per heavy atom. The number of hydrogen-bond donors (Lipinski definition) is 2. The number of benzene rings is 1. The van der Waals surface area contributed by atoms with Gasteiger partial charge in [-0.15, -0.1) is 0 Å². The first kappa shape index (κ1) is 14.4. The molecule has 0 aromatic heterocycles. The van der Waals surface area contributed by atoms with Gasteiger partial charge in [0.2, 0.25) is 0 Å². The van der Waals surface area contributed by atoms with Crippen molar-refractivity contribution in [1.29, 1.82) is 0 Å². The van der Waals surface area contributed by atoms with Gasteiger partial charge in [-0.05, 0) is 13.0 Å². The van der Waals surface area contributed by atoms with E-state index < -0.39 is 5.60 Å². The minimum Gasteiger partial charge on any atom is -0.381 e. The van der Waals surface area contributed by atoms with Crippen molar-refractivity contribution in [2.45, 2.75) is 31.4 Å². The summed E-state index contributed by atoms with van der Waals surface area (Å²) in [6.07, 6.45) is 1.40. The molecular formula is C14H21FN2O2. The van der Waals surface area contributed by atoms with Crippen molar-refractivity contribution >= 4 is 0 Å². The van der Waals surface area contributed by atoms with Crippen LogP contribution in [0.4, 0.5) is 4.39 Å². The maximum Gasteiger partial charge on any atom is 0.128 e. The quantitative estimate of drug-likeness (QED) is 0.633. The fourth-order valence-electron chi connectivity index (χ4n) is 2.75. The molecule has 1 heterocycles. The molecule has 5 heteroatoms. The van der Waals surface area contributed by atoms with E-state index >= 15 is 0 Å². The predicted octanol–water partition coefficient (Wildman–Crippen LogP) is 1.92. The lowest BCUT2D eigenvalue weighted by atomic mass is 9.82. The Kier molecular flexibility index (Phi) is 4.87. The monoisotopic (exact) mass is 268 g/mol. The zero-order valence-electron chi connectivity index (χ0n) is 11.2. The van der Waals surface area contributed by atoms with Crippen LogP contribution in [0.2, 0.25) is 0 Å². The number of hydrazine groups is 1.